The first-order valence-corrected chi connectivity index (χ1v) is 3.60. The monoisotopic (exact) mass is 179 g/mol. The van der Waals surface area contributed by atoms with Crippen molar-refractivity contribution in [1.82, 2.24) is 0 Å². The maximum Gasteiger partial charge on any atom is 0.303 e. The van der Waals surface area contributed by atoms with E-state index in [-0.39, 0.29) is 0 Å². The topological polar surface area (TPSA) is 63.3 Å². The lowest BCUT2D eigenvalue weighted by atomic mass is 9.72. The summed E-state index contributed by atoms with van der Waals surface area (Å²) in [4.78, 5) is 10.9. The summed E-state index contributed by atoms with van der Waals surface area (Å²) in [5, 5.41) is 8.90. The van der Waals surface area contributed by atoms with Gasteiger partial charge in [0, 0.05) is 11.0 Å². The highest BCUT2D eigenvalue weighted by Gasteiger charge is 2.32. The van der Waals surface area contributed by atoms with Crippen molar-refractivity contribution in [3.05, 3.63) is 0 Å². The number of carboxylic acids is 1. The zero-order valence-electron chi connectivity index (χ0n) is 14.6. The predicted octanol–water partition coefficient (Wildman–Crippen LogP) is 1.37. The van der Waals surface area contributed by atoms with Gasteiger partial charge >= 0.3 is 5.97 Å². The van der Waals surface area contributed by atoms with Crippen LogP contribution in [-0.4, -0.2) is 17.6 Å². The minimum Gasteiger partial charge on any atom is -0.481 e. The molecule has 3 heteroatoms. The average molecular weight is 179 g/mol. The fraction of sp³-hybridized carbons (Fsp3) is 0.889. The number of nitrogens with two attached hydrogens (primary N) is 1. The maximum absolute atomic E-state index is 10.9. The second kappa shape index (κ2) is 3.90. The van der Waals surface area contributed by atoms with Gasteiger partial charge in [0.05, 0.1) is 6.42 Å². The molecule has 1 atom stereocenters. The van der Waals surface area contributed by atoms with Crippen molar-refractivity contribution in [2.75, 3.05) is 6.54 Å². The second-order valence-electron chi connectivity index (χ2n) is 2.78. The Kier molecular flexibility index (Phi) is 1.07. The van der Waals surface area contributed by atoms with E-state index >= 15 is 0 Å². The molecule has 3 N–H and O–H groups in total. The molecular formula is C9H17NO2. The highest BCUT2D eigenvalue weighted by Crippen LogP contribution is 2.38. The van der Waals surface area contributed by atoms with Gasteiger partial charge in [-0.1, -0.05) is 19.1 Å². The van der Waals surface area contributed by atoms with E-state index in [0.29, 0.717) is 0 Å². The molecule has 70 valence electrons. The minimum absolute atomic E-state index is 0.596. The number of carboxylic acid groups (broad SMARTS) is 1. The Bertz CT molecular complexity index is 424. The van der Waals surface area contributed by atoms with E-state index in [2.05, 4.69) is 0 Å². The molecule has 0 spiro atoms. The Labute approximate surface area is 84.2 Å². The lowest BCUT2D eigenvalue weighted by Gasteiger charge is -2.34. The molecule has 0 aromatic rings. The van der Waals surface area contributed by atoms with Crippen molar-refractivity contribution in [1.29, 1.82) is 0 Å². The lowest BCUT2D eigenvalue weighted by Crippen LogP contribution is -2.34. The van der Waals surface area contributed by atoms with Gasteiger partial charge in [0.1, 0.15) is 0 Å². The Morgan fingerprint density at radius 3 is 2.92 bits per heavy atom. The minimum atomic E-state index is -3.23. The van der Waals surface area contributed by atoms with Gasteiger partial charge in [0.25, 0.3) is 0 Å². The maximum atomic E-state index is 10.9. The van der Waals surface area contributed by atoms with Crippen LogP contribution in [0.25, 0.3) is 0 Å². The molecule has 1 saturated carbocycles. The number of rotatable bonds is 3. The molecule has 1 fully saturated rings. The SMILES string of the molecule is [2H]C1([2H])CC(CN)(CC(=O)O)C([2H])([2H])C([2H])([2H])C1([2H])[2H]. The normalized spacial score (nSPS) is 56.8. The van der Waals surface area contributed by atoms with Crippen LogP contribution in [-0.2, 0) is 4.79 Å². The second-order valence-corrected chi connectivity index (χ2v) is 2.78. The first-order chi connectivity index (χ1) is 8.68. The van der Waals surface area contributed by atoms with Crippen LogP contribution in [0.2, 0.25) is 0 Å². The highest BCUT2D eigenvalue weighted by molar-refractivity contribution is 5.67. The van der Waals surface area contributed by atoms with Gasteiger partial charge in [-0.2, -0.15) is 0 Å². The van der Waals surface area contributed by atoms with Gasteiger partial charge in [-0.3, -0.25) is 4.79 Å². The van der Waals surface area contributed by atoms with Crippen molar-refractivity contribution >= 4 is 5.97 Å². The average Bonchev–Trinajstić information content (AvgIpc) is 2.24. The van der Waals surface area contributed by atoms with Gasteiger partial charge in [0.2, 0.25) is 0 Å². The van der Waals surface area contributed by atoms with Gasteiger partial charge in [0.15, 0.2) is 0 Å². The summed E-state index contributed by atoms with van der Waals surface area (Å²) in [7, 11) is 0. The van der Waals surface area contributed by atoms with Crippen molar-refractivity contribution in [2.24, 2.45) is 11.1 Å². The van der Waals surface area contributed by atoms with E-state index in [1.807, 2.05) is 0 Å². The van der Waals surface area contributed by atoms with E-state index in [4.69, 9.17) is 21.8 Å². The predicted molar refractivity (Wildman–Crippen MR) is 46.8 cm³/mol. The van der Waals surface area contributed by atoms with Gasteiger partial charge < -0.3 is 10.8 Å². The number of aliphatic carboxylic acids is 1. The molecule has 0 amide bonds. The zero-order chi connectivity index (χ0) is 16.2. The summed E-state index contributed by atoms with van der Waals surface area (Å²) in [6.45, 7) is -0.596. The van der Waals surface area contributed by atoms with Crippen molar-refractivity contribution in [3.8, 4) is 0 Å². The van der Waals surface area contributed by atoms with E-state index in [1.54, 1.807) is 0 Å². The molecule has 0 saturated heterocycles. The number of carbonyl (C=O) groups is 1. The van der Waals surface area contributed by atoms with E-state index in [1.165, 1.54) is 0 Å². The Hall–Kier alpha value is -0.570. The number of hydrogen-bond donors (Lipinski definition) is 2. The molecule has 3 nitrogen and oxygen atoms in total. The van der Waals surface area contributed by atoms with Crippen molar-refractivity contribution < 1.29 is 20.9 Å². The molecule has 0 radical (unpaired) electrons. The molecule has 0 aromatic carbocycles. The summed E-state index contributed by atoms with van der Waals surface area (Å²) in [5.74, 6) is -1.44. The molecule has 0 aromatic heterocycles. The van der Waals surface area contributed by atoms with Crippen molar-refractivity contribution in [3.63, 3.8) is 0 Å². The Balaban J connectivity index is 3.54. The van der Waals surface area contributed by atoms with E-state index < -0.39 is 56.3 Å². The smallest absolute Gasteiger partial charge is 0.303 e. The van der Waals surface area contributed by atoms with E-state index in [9.17, 15) is 4.79 Å². The molecule has 1 aliphatic carbocycles. The summed E-state index contributed by atoms with van der Waals surface area (Å²) in [6, 6.07) is 0. The fourth-order valence-electron chi connectivity index (χ4n) is 1.06. The molecule has 1 unspecified atom stereocenters. The summed E-state index contributed by atoms with van der Waals surface area (Å²) >= 11 is 0. The largest absolute Gasteiger partial charge is 0.481 e. The van der Waals surface area contributed by atoms with Gasteiger partial charge in [-0.25, -0.2) is 0 Å². The van der Waals surface area contributed by atoms with E-state index in [0.717, 1.165) is 0 Å². The van der Waals surface area contributed by atoms with Crippen LogP contribution < -0.4 is 5.73 Å². The molecule has 12 heavy (non-hydrogen) atoms. The number of hydrogen-bond acceptors (Lipinski definition) is 2. The van der Waals surface area contributed by atoms with Crippen LogP contribution in [0.5, 0.6) is 0 Å². The summed E-state index contributed by atoms with van der Waals surface area (Å²) in [6.07, 6.45) is -13.7. The molecule has 1 rings (SSSR count). The molecule has 1 aliphatic rings. The Morgan fingerprint density at radius 2 is 2.33 bits per heavy atom. The lowest BCUT2D eigenvalue weighted by molar-refractivity contribution is -0.140. The summed E-state index contributed by atoms with van der Waals surface area (Å²) in [5.41, 5.74) is 3.42. The summed E-state index contributed by atoms with van der Waals surface area (Å²) < 4.78 is 61.9. The zero-order valence-corrected chi connectivity index (χ0v) is 6.55. The van der Waals surface area contributed by atoms with Crippen LogP contribution in [0, 0.1) is 5.41 Å². The molecule has 0 bridgehead atoms. The van der Waals surface area contributed by atoms with Crippen LogP contribution in [0.4, 0.5) is 0 Å². The standard InChI is InChI=1S/C9H17NO2/c10-7-9(6-8(11)12)4-2-1-3-5-9/h1-7,10H2,(H,11,12)/i1D2,2D2,3D2,4D2. The first-order valence-electron chi connectivity index (χ1n) is 7.60. The van der Waals surface area contributed by atoms with Crippen LogP contribution in [0.3, 0.4) is 0 Å². The Morgan fingerprint density at radius 1 is 1.58 bits per heavy atom. The van der Waals surface area contributed by atoms with Crippen LogP contribution >= 0.6 is 0 Å². The quantitative estimate of drug-likeness (QED) is 0.687. The first kappa shape index (κ1) is 3.29. The third-order valence-corrected chi connectivity index (χ3v) is 1.79. The third-order valence-electron chi connectivity index (χ3n) is 1.79. The van der Waals surface area contributed by atoms with Crippen LogP contribution in [0.15, 0.2) is 0 Å². The molecule has 0 aliphatic heterocycles. The van der Waals surface area contributed by atoms with Gasteiger partial charge in [-0.15, -0.1) is 0 Å². The van der Waals surface area contributed by atoms with Crippen LogP contribution in [0.1, 0.15) is 49.3 Å². The van der Waals surface area contributed by atoms with Gasteiger partial charge in [-0.05, 0) is 24.8 Å². The fourth-order valence-corrected chi connectivity index (χ4v) is 1.06. The molecular weight excluding hydrogens is 154 g/mol. The van der Waals surface area contributed by atoms with Crippen molar-refractivity contribution in [2.45, 2.75) is 38.3 Å². The molecule has 0 heterocycles. The highest BCUT2D eigenvalue weighted by atomic mass is 16.4. The third kappa shape index (κ3) is 2.21.